The van der Waals surface area contributed by atoms with Crippen LogP contribution in [-0.2, 0) is 17.6 Å². The first-order valence-corrected chi connectivity index (χ1v) is 8.80. The van der Waals surface area contributed by atoms with Gasteiger partial charge in [-0.25, -0.2) is 0 Å². The van der Waals surface area contributed by atoms with Crippen LogP contribution >= 0.6 is 0 Å². The first kappa shape index (κ1) is 16.7. The van der Waals surface area contributed by atoms with Crippen molar-refractivity contribution in [3.8, 4) is 0 Å². The predicted octanol–water partition coefficient (Wildman–Crippen LogP) is 3.72. The molecule has 1 aliphatic rings. The van der Waals surface area contributed by atoms with Crippen LogP contribution in [0.4, 0.5) is 0 Å². The second-order valence-electron chi connectivity index (χ2n) is 6.38. The van der Waals surface area contributed by atoms with E-state index < -0.39 is 0 Å². The summed E-state index contributed by atoms with van der Waals surface area (Å²) in [6.45, 7) is 4.10. The third-order valence-corrected chi connectivity index (χ3v) is 4.47. The topological polar surface area (TPSA) is 29.5 Å². The van der Waals surface area contributed by atoms with Crippen LogP contribution in [0, 0.1) is 0 Å². The maximum absolute atomic E-state index is 12.7. The largest absolute Gasteiger partial charge is 0.374 e. The van der Waals surface area contributed by atoms with Crippen LogP contribution in [0.5, 0.6) is 0 Å². The summed E-state index contributed by atoms with van der Waals surface area (Å²) in [6.07, 6.45) is 3.10. The lowest BCUT2D eigenvalue weighted by atomic mass is 10.0. The van der Waals surface area contributed by atoms with Gasteiger partial charge in [0.1, 0.15) is 0 Å². The zero-order chi connectivity index (χ0) is 16.8. The number of nitrogens with zero attached hydrogens (tertiary/aromatic N) is 1. The van der Waals surface area contributed by atoms with Gasteiger partial charge in [-0.05, 0) is 29.7 Å². The van der Waals surface area contributed by atoms with Crippen molar-refractivity contribution >= 4 is 5.91 Å². The van der Waals surface area contributed by atoms with Crippen molar-refractivity contribution in [1.29, 1.82) is 0 Å². The molecule has 3 rings (SSSR count). The van der Waals surface area contributed by atoms with Gasteiger partial charge in [-0.15, -0.1) is 0 Å². The quantitative estimate of drug-likeness (QED) is 0.839. The van der Waals surface area contributed by atoms with Crippen molar-refractivity contribution in [2.45, 2.75) is 32.3 Å². The molecule has 3 heteroatoms. The molecular weight excluding hydrogens is 298 g/mol. The van der Waals surface area contributed by atoms with Crippen LogP contribution in [0.3, 0.4) is 0 Å². The van der Waals surface area contributed by atoms with Crippen LogP contribution in [0.25, 0.3) is 0 Å². The molecule has 1 aliphatic heterocycles. The average molecular weight is 323 g/mol. The van der Waals surface area contributed by atoms with Gasteiger partial charge >= 0.3 is 0 Å². The number of ether oxygens (including phenoxy) is 1. The van der Waals surface area contributed by atoms with Crippen molar-refractivity contribution in [2.24, 2.45) is 0 Å². The Morgan fingerprint density at radius 1 is 1.08 bits per heavy atom. The summed E-state index contributed by atoms with van der Waals surface area (Å²) >= 11 is 0. The number of rotatable bonds is 5. The van der Waals surface area contributed by atoms with Crippen molar-refractivity contribution in [3.63, 3.8) is 0 Å². The lowest BCUT2D eigenvalue weighted by Gasteiger charge is -2.33. The number of carbonyl (C=O) groups excluding carboxylic acids is 1. The third kappa shape index (κ3) is 4.24. The maximum Gasteiger partial charge on any atom is 0.254 e. The summed E-state index contributed by atoms with van der Waals surface area (Å²) < 4.78 is 5.86. The minimum absolute atomic E-state index is 0.0736. The number of aryl methyl sites for hydroxylation is 1. The Bertz CT molecular complexity index is 651. The second kappa shape index (κ2) is 8.11. The van der Waals surface area contributed by atoms with Gasteiger partial charge in [0.25, 0.3) is 5.91 Å². The molecule has 0 spiro atoms. The number of carbonyl (C=O) groups is 1. The molecule has 1 fully saturated rings. The van der Waals surface area contributed by atoms with Crippen LogP contribution in [0.15, 0.2) is 54.6 Å². The van der Waals surface area contributed by atoms with Crippen molar-refractivity contribution in [2.75, 3.05) is 19.7 Å². The highest BCUT2D eigenvalue weighted by Crippen LogP contribution is 2.15. The first-order chi connectivity index (χ1) is 11.8. The Balaban J connectivity index is 1.62. The van der Waals surface area contributed by atoms with E-state index in [4.69, 9.17) is 4.74 Å². The van der Waals surface area contributed by atoms with E-state index in [-0.39, 0.29) is 12.0 Å². The molecule has 0 unspecified atom stereocenters. The summed E-state index contributed by atoms with van der Waals surface area (Å²) in [4.78, 5) is 14.7. The Hall–Kier alpha value is -2.13. The molecule has 0 radical (unpaired) electrons. The van der Waals surface area contributed by atoms with Crippen molar-refractivity contribution in [1.82, 2.24) is 4.90 Å². The van der Waals surface area contributed by atoms with Crippen molar-refractivity contribution in [3.05, 3.63) is 71.3 Å². The summed E-state index contributed by atoms with van der Waals surface area (Å²) in [7, 11) is 0. The van der Waals surface area contributed by atoms with Gasteiger partial charge in [-0.3, -0.25) is 4.79 Å². The number of hydrogen-bond acceptors (Lipinski definition) is 2. The highest BCUT2D eigenvalue weighted by atomic mass is 16.5. The Kier molecular flexibility index (Phi) is 5.65. The van der Waals surface area contributed by atoms with E-state index in [1.165, 1.54) is 11.1 Å². The van der Waals surface area contributed by atoms with Crippen LogP contribution in [-0.4, -0.2) is 36.6 Å². The van der Waals surface area contributed by atoms with Gasteiger partial charge in [0.2, 0.25) is 0 Å². The van der Waals surface area contributed by atoms with E-state index >= 15 is 0 Å². The van der Waals surface area contributed by atoms with Crippen molar-refractivity contribution < 1.29 is 9.53 Å². The fourth-order valence-electron chi connectivity index (χ4n) is 3.19. The fraction of sp³-hybridized carbons (Fsp3) is 0.381. The minimum Gasteiger partial charge on any atom is -0.374 e. The molecule has 2 aromatic carbocycles. The van der Waals surface area contributed by atoms with Crippen LogP contribution < -0.4 is 0 Å². The van der Waals surface area contributed by atoms with Crippen LogP contribution in [0.2, 0.25) is 0 Å². The molecule has 0 N–H and O–H groups in total. The van der Waals surface area contributed by atoms with Gasteiger partial charge in [-0.2, -0.15) is 0 Å². The molecule has 2 aromatic rings. The Labute approximate surface area is 144 Å². The molecule has 1 amide bonds. The molecule has 3 nitrogen and oxygen atoms in total. The smallest absolute Gasteiger partial charge is 0.254 e. The van der Waals surface area contributed by atoms with Gasteiger partial charge in [-0.1, -0.05) is 55.8 Å². The number of hydrogen-bond donors (Lipinski definition) is 0. The van der Waals surface area contributed by atoms with E-state index in [1.807, 2.05) is 35.2 Å². The molecule has 0 saturated carbocycles. The van der Waals surface area contributed by atoms with E-state index in [2.05, 4.69) is 31.2 Å². The molecule has 0 aromatic heterocycles. The zero-order valence-electron chi connectivity index (χ0n) is 14.3. The summed E-state index contributed by atoms with van der Waals surface area (Å²) in [5.41, 5.74) is 3.31. The highest BCUT2D eigenvalue weighted by Gasteiger charge is 2.25. The maximum atomic E-state index is 12.7. The molecule has 0 aliphatic carbocycles. The standard InChI is InChI=1S/C21H25NO2/c1-2-6-17-9-11-19(12-10-17)21(23)22-13-14-24-20(16-22)15-18-7-4-3-5-8-18/h3-5,7-12,20H,2,6,13-16H2,1H3/t20-/m1/s1. The Morgan fingerprint density at radius 3 is 2.54 bits per heavy atom. The SMILES string of the molecule is CCCc1ccc(C(=O)N2CCO[C@H](Cc3ccccc3)C2)cc1. The van der Waals surface area contributed by atoms with E-state index in [9.17, 15) is 4.79 Å². The molecule has 24 heavy (non-hydrogen) atoms. The highest BCUT2D eigenvalue weighted by molar-refractivity contribution is 5.94. The first-order valence-electron chi connectivity index (χ1n) is 8.80. The molecule has 1 heterocycles. The minimum atomic E-state index is 0.0736. The van der Waals surface area contributed by atoms with E-state index in [1.54, 1.807) is 0 Å². The van der Waals surface area contributed by atoms with Crippen LogP contribution in [0.1, 0.15) is 34.8 Å². The van der Waals surface area contributed by atoms with E-state index in [0.717, 1.165) is 24.8 Å². The fourth-order valence-corrected chi connectivity index (χ4v) is 3.19. The van der Waals surface area contributed by atoms with Gasteiger partial charge < -0.3 is 9.64 Å². The average Bonchev–Trinajstić information content (AvgIpc) is 2.63. The second-order valence-corrected chi connectivity index (χ2v) is 6.38. The molecule has 1 saturated heterocycles. The molecule has 126 valence electrons. The summed E-state index contributed by atoms with van der Waals surface area (Å²) in [6, 6.07) is 18.4. The molecule has 0 bridgehead atoms. The number of benzene rings is 2. The molecule has 1 atom stereocenters. The number of amides is 1. The number of morpholine rings is 1. The third-order valence-electron chi connectivity index (χ3n) is 4.47. The van der Waals surface area contributed by atoms with Gasteiger partial charge in [0.15, 0.2) is 0 Å². The monoisotopic (exact) mass is 323 g/mol. The zero-order valence-corrected chi connectivity index (χ0v) is 14.3. The lowest BCUT2D eigenvalue weighted by molar-refractivity contribution is -0.0208. The van der Waals surface area contributed by atoms with Gasteiger partial charge in [0, 0.05) is 25.1 Å². The summed E-state index contributed by atoms with van der Waals surface area (Å²) in [5.74, 6) is 0.111. The molecular formula is C21H25NO2. The normalized spacial score (nSPS) is 17.7. The predicted molar refractivity (Wildman–Crippen MR) is 96.2 cm³/mol. The Morgan fingerprint density at radius 2 is 1.83 bits per heavy atom. The summed E-state index contributed by atoms with van der Waals surface area (Å²) in [5, 5.41) is 0. The van der Waals surface area contributed by atoms with Gasteiger partial charge in [0.05, 0.1) is 12.7 Å². The van der Waals surface area contributed by atoms with E-state index in [0.29, 0.717) is 19.7 Å². The lowest BCUT2D eigenvalue weighted by Crippen LogP contribution is -2.46.